The summed E-state index contributed by atoms with van der Waals surface area (Å²) in [4.78, 5) is 11.6. The largest absolute Gasteiger partial charge is 0.326 e. The maximum absolute atomic E-state index is 11.6. The lowest BCUT2D eigenvalue weighted by atomic mass is 10.2. The molecule has 0 aliphatic heterocycles. The van der Waals surface area contributed by atoms with Crippen LogP contribution in [-0.4, -0.2) is 14.3 Å². The third-order valence-corrected chi connectivity index (χ3v) is 3.33. The highest BCUT2D eigenvalue weighted by Gasteiger charge is 2.09. The highest BCUT2D eigenvalue weighted by molar-refractivity contribution is 7.89. The second-order valence-corrected chi connectivity index (χ2v) is 5.59. The minimum absolute atomic E-state index is 0.0300. The monoisotopic (exact) mass is 280 g/mol. The lowest BCUT2D eigenvalue weighted by molar-refractivity contribution is -0.116. The smallest absolute Gasteiger partial charge is 0.238 e. The van der Waals surface area contributed by atoms with Crippen molar-refractivity contribution in [3.8, 4) is 12.3 Å². The molecular formula is C13H16N2O3S. The van der Waals surface area contributed by atoms with Crippen molar-refractivity contribution in [3.63, 3.8) is 0 Å². The van der Waals surface area contributed by atoms with Gasteiger partial charge in [-0.1, -0.05) is 6.07 Å². The maximum Gasteiger partial charge on any atom is 0.238 e. The van der Waals surface area contributed by atoms with Gasteiger partial charge in [0.2, 0.25) is 15.9 Å². The number of amides is 1. The van der Waals surface area contributed by atoms with Gasteiger partial charge in [-0.3, -0.25) is 4.79 Å². The molecule has 0 heterocycles. The molecule has 0 aliphatic carbocycles. The van der Waals surface area contributed by atoms with Gasteiger partial charge < -0.3 is 5.32 Å². The molecule has 0 unspecified atom stereocenters. The Morgan fingerprint density at radius 2 is 2.11 bits per heavy atom. The zero-order valence-corrected chi connectivity index (χ0v) is 11.2. The summed E-state index contributed by atoms with van der Waals surface area (Å²) < 4.78 is 22.3. The summed E-state index contributed by atoms with van der Waals surface area (Å²) in [5, 5.41) is 7.63. The summed E-state index contributed by atoms with van der Waals surface area (Å²) in [6, 6.07) is 5.83. The Hall–Kier alpha value is -1.84. The highest BCUT2D eigenvalue weighted by Crippen LogP contribution is 2.14. The zero-order valence-electron chi connectivity index (χ0n) is 10.4. The molecule has 0 saturated carbocycles. The summed E-state index contributed by atoms with van der Waals surface area (Å²) in [6.45, 7) is 0. The molecule has 1 aromatic rings. The van der Waals surface area contributed by atoms with Gasteiger partial charge in [0.05, 0.1) is 4.90 Å². The number of carbonyl (C=O) groups excluding carboxylic acids is 1. The van der Waals surface area contributed by atoms with Crippen molar-refractivity contribution < 1.29 is 13.2 Å². The van der Waals surface area contributed by atoms with Crippen LogP contribution in [0.3, 0.4) is 0 Å². The quantitative estimate of drug-likeness (QED) is 0.610. The number of sulfonamides is 1. The molecule has 102 valence electrons. The van der Waals surface area contributed by atoms with E-state index in [1.165, 1.54) is 18.2 Å². The predicted molar refractivity (Wildman–Crippen MR) is 73.7 cm³/mol. The molecule has 0 saturated heterocycles. The zero-order chi connectivity index (χ0) is 14.3. The second-order valence-electron chi connectivity index (χ2n) is 4.03. The van der Waals surface area contributed by atoms with Crippen molar-refractivity contribution in [2.75, 3.05) is 5.32 Å². The third-order valence-electron chi connectivity index (χ3n) is 2.42. The van der Waals surface area contributed by atoms with Gasteiger partial charge in [0.15, 0.2) is 0 Å². The van der Waals surface area contributed by atoms with E-state index in [4.69, 9.17) is 11.6 Å². The van der Waals surface area contributed by atoms with Gasteiger partial charge in [0, 0.05) is 18.5 Å². The molecule has 0 aromatic heterocycles. The Bertz CT molecular complexity index is 588. The van der Waals surface area contributed by atoms with Gasteiger partial charge in [-0.15, -0.1) is 12.3 Å². The van der Waals surface area contributed by atoms with Crippen LogP contribution in [0.5, 0.6) is 0 Å². The number of primary sulfonamides is 1. The molecule has 6 heteroatoms. The summed E-state index contributed by atoms with van der Waals surface area (Å²) >= 11 is 0. The molecule has 0 spiro atoms. The molecule has 1 amide bonds. The number of nitrogens with two attached hydrogens (primary N) is 1. The van der Waals surface area contributed by atoms with Gasteiger partial charge in [-0.25, -0.2) is 13.6 Å². The predicted octanol–water partition coefficient (Wildman–Crippen LogP) is 1.47. The maximum atomic E-state index is 11.6. The van der Waals surface area contributed by atoms with Crippen molar-refractivity contribution in [2.24, 2.45) is 5.14 Å². The fourth-order valence-electron chi connectivity index (χ4n) is 1.49. The molecule has 5 nitrogen and oxygen atoms in total. The first-order valence-electron chi connectivity index (χ1n) is 5.79. The number of rotatable bonds is 6. The number of hydrogen-bond acceptors (Lipinski definition) is 3. The van der Waals surface area contributed by atoms with Crippen molar-refractivity contribution in [3.05, 3.63) is 24.3 Å². The van der Waals surface area contributed by atoms with Gasteiger partial charge in [0.25, 0.3) is 0 Å². The number of hydrogen-bond donors (Lipinski definition) is 2. The number of unbranched alkanes of at least 4 members (excludes halogenated alkanes) is 2. The minimum atomic E-state index is -3.76. The van der Waals surface area contributed by atoms with Crippen LogP contribution in [0, 0.1) is 12.3 Å². The summed E-state index contributed by atoms with van der Waals surface area (Å²) in [7, 11) is -3.76. The van der Waals surface area contributed by atoms with Crippen LogP contribution in [0.25, 0.3) is 0 Å². The summed E-state index contributed by atoms with van der Waals surface area (Å²) in [5.41, 5.74) is 0.411. The number of carbonyl (C=O) groups is 1. The lowest BCUT2D eigenvalue weighted by Crippen LogP contribution is -2.14. The fraction of sp³-hybridized carbons (Fsp3) is 0.308. The normalized spacial score (nSPS) is 10.7. The third kappa shape index (κ3) is 5.55. The molecule has 3 N–H and O–H groups in total. The molecule has 1 aromatic carbocycles. The SMILES string of the molecule is C#CCCCCC(=O)Nc1cccc(S(N)(=O)=O)c1. The van der Waals surface area contributed by atoms with Gasteiger partial charge in [-0.2, -0.15) is 0 Å². The Morgan fingerprint density at radius 3 is 2.74 bits per heavy atom. The summed E-state index contributed by atoms with van der Waals surface area (Å²) in [6.07, 6.45) is 7.59. The molecular weight excluding hydrogens is 264 g/mol. The van der Waals surface area contributed by atoms with Crippen LogP contribution >= 0.6 is 0 Å². The number of anilines is 1. The molecule has 19 heavy (non-hydrogen) atoms. The molecule has 1 rings (SSSR count). The van der Waals surface area contributed by atoms with E-state index in [0.717, 1.165) is 6.42 Å². The molecule has 0 aliphatic rings. The average Bonchev–Trinajstić information content (AvgIpc) is 2.34. The van der Waals surface area contributed by atoms with E-state index in [0.29, 0.717) is 24.9 Å². The lowest BCUT2D eigenvalue weighted by Gasteiger charge is -2.06. The highest BCUT2D eigenvalue weighted by atomic mass is 32.2. The first-order valence-corrected chi connectivity index (χ1v) is 7.34. The molecule has 0 radical (unpaired) electrons. The van der Waals surface area contributed by atoms with Crippen LogP contribution in [0.15, 0.2) is 29.2 Å². The van der Waals surface area contributed by atoms with Crippen molar-refractivity contribution >= 4 is 21.6 Å². The number of terminal acetylenes is 1. The Kier molecular flexibility index (Phi) is 5.55. The van der Waals surface area contributed by atoms with Crippen LogP contribution in [0.2, 0.25) is 0 Å². The minimum Gasteiger partial charge on any atom is -0.326 e. The Labute approximate surface area is 113 Å². The van der Waals surface area contributed by atoms with Crippen LogP contribution < -0.4 is 10.5 Å². The molecule has 0 bridgehead atoms. The topological polar surface area (TPSA) is 89.3 Å². The van der Waals surface area contributed by atoms with E-state index in [-0.39, 0.29) is 10.8 Å². The average molecular weight is 280 g/mol. The van der Waals surface area contributed by atoms with Crippen LogP contribution in [-0.2, 0) is 14.8 Å². The van der Waals surface area contributed by atoms with Crippen molar-refractivity contribution in [1.29, 1.82) is 0 Å². The molecule has 0 fully saturated rings. The van der Waals surface area contributed by atoms with E-state index < -0.39 is 10.0 Å². The van der Waals surface area contributed by atoms with E-state index in [1.54, 1.807) is 6.07 Å². The first-order chi connectivity index (χ1) is 8.93. The van der Waals surface area contributed by atoms with Crippen molar-refractivity contribution in [1.82, 2.24) is 0 Å². The van der Waals surface area contributed by atoms with E-state index in [1.807, 2.05) is 0 Å². The summed E-state index contributed by atoms with van der Waals surface area (Å²) in [5.74, 6) is 2.33. The number of nitrogens with one attached hydrogen (secondary N) is 1. The van der Waals surface area contributed by atoms with Crippen molar-refractivity contribution in [2.45, 2.75) is 30.6 Å². The Balaban J connectivity index is 2.58. The van der Waals surface area contributed by atoms with E-state index >= 15 is 0 Å². The fourth-order valence-corrected chi connectivity index (χ4v) is 2.05. The van der Waals surface area contributed by atoms with Crippen LogP contribution in [0.1, 0.15) is 25.7 Å². The Morgan fingerprint density at radius 1 is 1.37 bits per heavy atom. The van der Waals surface area contributed by atoms with E-state index in [2.05, 4.69) is 11.2 Å². The second kappa shape index (κ2) is 6.92. The van der Waals surface area contributed by atoms with E-state index in [9.17, 15) is 13.2 Å². The first kappa shape index (κ1) is 15.2. The van der Waals surface area contributed by atoms with Gasteiger partial charge >= 0.3 is 0 Å². The standard InChI is InChI=1S/C13H16N2O3S/c1-2-3-4-5-9-13(16)15-11-7-6-8-12(10-11)19(14,17)18/h1,6-8,10H,3-5,9H2,(H,15,16)(H2,14,17,18). The van der Waals surface area contributed by atoms with Crippen LogP contribution in [0.4, 0.5) is 5.69 Å². The van der Waals surface area contributed by atoms with Gasteiger partial charge in [0.1, 0.15) is 0 Å². The molecule has 0 atom stereocenters. The van der Waals surface area contributed by atoms with Gasteiger partial charge in [-0.05, 0) is 31.0 Å². The number of benzene rings is 1.